The third-order valence-electron chi connectivity index (χ3n) is 4.90. The zero-order valence-corrected chi connectivity index (χ0v) is 15.4. The maximum absolute atomic E-state index is 12.6. The first-order chi connectivity index (χ1) is 12.5. The Balaban J connectivity index is 1.53. The van der Waals surface area contributed by atoms with Crippen LogP contribution in [0.25, 0.3) is 0 Å². The van der Waals surface area contributed by atoms with Crippen molar-refractivity contribution < 1.29 is 14.1 Å². The number of amides is 2. The van der Waals surface area contributed by atoms with Crippen molar-refractivity contribution in [3.8, 4) is 0 Å². The number of piperidine rings is 1. The van der Waals surface area contributed by atoms with Crippen LogP contribution in [0.4, 0.5) is 5.82 Å². The molecule has 0 unspecified atom stereocenters. The van der Waals surface area contributed by atoms with Gasteiger partial charge in [0, 0.05) is 26.1 Å². The first kappa shape index (κ1) is 18.2. The SMILES string of the molecule is CC(=O)N(CC(=O)N1CCC(Cc2ccccc2)CC1)c1cc(C)on1. The number of carbonyl (C=O) groups excluding carboxylic acids is 2. The molecular formula is C20H25N3O3. The van der Waals surface area contributed by atoms with E-state index in [1.807, 2.05) is 11.0 Å². The molecule has 2 amide bonds. The lowest BCUT2D eigenvalue weighted by atomic mass is 9.90. The first-order valence-corrected chi connectivity index (χ1v) is 9.06. The molecule has 6 heteroatoms. The Bertz CT molecular complexity index is 749. The van der Waals surface area contributed by atoms with Crippen LogP contribution in [0.2, 0.25) is 0 Å². The van der Waals surface area contributed by atoms with Crippen molar-refractivity contribution in [1.82, 2.24) is 10.1 Å². The van der Waals surface area contributed by atoms with Gasteiger partial charge in [-0.3, -0.25) is 14.5 Å². The van der Waals surface area contributed by atoms with Crippen molar-refractivity contribution >= 4 is 17.6 Å². The lowest BCUT2D eigenvalue weighted by Crippen LogP contribution is -2.45. The predicted octanol–water partition coefficient (Wildman–Crippen LogP) is 2.82. The molecule has 1 aromatic carbocycles. The number of hydrogen-bond acceptors (Lipinski definition) is 4. The van der Waals surface area contributed by atoms with Gasteiger partial charge in [0.15, 0.2) is 5.82 Å². The van der Waals surface area contributed by atoms with E-state index in [9.17, 15) is 9.59 Å². The second-order valence-electron chi connectivity index (χ2n) is 6.91. The molecule has 1 fully saturated rings. The van der Waals surface area contributed by atoms with Gasteiger partial charge in [0.25, 0.3) is 0 Å². The minimum Gasteiger partial charge on any atom is -0.360 e. The highest BCUT2D eigenvalue weighted by Crippen LogP contribution is 2.22. The minimum atomic E-state index is -0.217. The molecule has 2 aromatic rings. The van der Waals surface area contributed by atoms with E-state index < -0.39 is 0 Å². The molecule has 1 aliphatic heterocycles. The van der Waals surface area contributed by atoms with Gasteiger partial charge in [-0.2, -0.15) is 0 Å². The van der Waals surface area contributed by atoms with E-state index in [1.54, 1.807) is 13.0 Å². The number of carbonyl (C=O) groups is 2. The molecule has 2 heterocycles. The molecule has 6 nitrogen and oxygen atoms in total. The molecule has 1 saturated heterocycles. The van der Waals surface area contributed by atoms with E-state index >= 15 is 0 Å². The van der Waals surface area contributed by atoms with E-state index in [2.05, 4.69) is 29.4 Å². The van der Waals surface area contributed by atoms with E-state index in [0.29, 0.717) is 17.5 Å². The van der Waals surface area contributed by atoms with E-state index in [-0.39, 0.29) is 18.4 Å². The molecular weight excluding hydrogens is 330 g/mol. The average molecular weight is 355 g/mol. The topological polar surface area (TPSA) is 66.7 Å². The summed E-state index contributed by atoms with van der Waals surface area (Å²) in [5, 5.41) is 3.85. The summed E-state index contributed by atoms with van der Waals surface area (Å²) in [7, 11) is 0. The molecule has 1 aromatic heterocycles. The Morgan fingerprint density at radius 3 is 2.50 bits per heavy atom. The molecule has 0 spiro atoms. The highest BCUT2D eigenvalue weighted by molar-refractivity contribution is 5.96. The molecule has 0 aliphatic carbocycles. The van der Waals surface area contributed by atoms with Crippen LogP contribution in [0.5, 0.6) is 0 Å². The van der Waals surface area contributed by atoms with Crippen molar-refractivity contribution in [3.05, 3.63) is 47.7 Å². The van der Waals surface area contributed by atoms with Gasteiger partial charge in [-0.25, -0.2) is 0 Å². The predicted molar refractivity (Wildman–Crippen MR) is 98.7 cm³/mol. The highest BCUT2D eigenvalue weighted by atomic mass is 16.5. The number of hydrogen-bond donors (Lipinski definition) is 0. The minimum absolute atomic E-state index is 0.00462. The number of anilines is 1. The Morgan fingerprint density at radius 2 is 1.92 bits per heavy atom. The van der Waals surface area contributed by atoms with E-state index in [0.717, 1.165) is 32.4 Å². The maximum Gasteiger partial charge on any atom is 0.242 e. The van der Waals surface area contributed by atoms with Crippen LogP contribution < -0.4 is 4.90 Å². The molecule has 26 heavy (non-hydrogen) atoms. The largest absolute Gasteiger partial charge is 0.360 e. The smallest absolute Gasteiger partial charge is 0.242 e. The molecule has 0 atom stereocenters. The van der Waals surface area contributed by atoms with Gasteiger partial charge in [-0.15, -0.1) is 0 Å². The molecule has 0 radical (unpaired) electrons. The third kappa shape index (κ3) is 4.50. The van der Waals surface area contributed by atoms with Crippen LogP contribution in [-0.2, 0) is 16.0 Å². The molecule has 138 valence electrons. The van der Waals surface area contributed by atoms with Gasteiger partial charge in [-0.1, -0.05) is 35.5 Å². The van der Waals surface area contributed by atoms with Gasteiger partial charge in [0.05, 0.1) is 0 Å². The van der Waals surface area contributed by atoms with Crippen molar-refractivity contribution in [2.24, 2.45) is 5.92 Å². The monoisotopic (exact) mass is 355 g/mol. The van der Waals surface area contributed by atoms with Gasteiger partial charge in [0.2, 0.25) is 11.8 Å². The van der Waals surface area contributed by atoms with Crippen molar-refractivity contribution in [2.45, 2.75) is 33.1 Å². The molecule has 3 rings (SSSR count). The number of benzene rings is 1. The summed E-state index contributed by atoms with van der Waals surface area (Å²) in [5.41, 5.74) is 1.35. The summed E-state index contributed by atoms with van der Waals surface area (Å²) in [6.45, 7) is 4.67. The average Bonchev–Trinajstić information content (AvgIpc) is 3.06. The van der Waals surface area contributed by atoms with Crippen molar-refractivity contribution in [2.75, 3.05) is 24.5 Å². The quantitative estimate of drug-likeness (QED) is 0.827. The fourth-order valence-corrected chi connectivity index (χ4v) is 3.40. The number of rotatable bonds is 5. The third-order valence-corrected chi connectivity index (χ3v) is 4.90. The Morgan fingerprint density at radius 1 is 1.23 bits per heavy atom. The summed E-state index contributed by atoms with van der Waals surface area (Å²) < 4.78 is 5.02. The maximum atomic E-state index is 12.6. The van der Waals surface area contributed by atoms with Gasteiger partial charge in [0.1, 0.15) is 12.3 Å². The van der Waals surface area contributed by atoms with Crippen molar-refractivity contribution in [1.29, 1.82) is 0 Å². The summed E-state index contributed by atoms with van der Waals surface area (Å²) in [4.78, 5) is 27.8. The summed E-state index contributed by atoms with van der Waals surface area (Å²) in [6.07, 6.45) is 3.04. The number of likely N-dealkylation sites (tertiary alicyclic amines) is 1. The number of aryl methyl sites for hydroxylation is 1. The van der Waals surface area contributed by atoms with Gasteiger partial charge >= 0.3 is 0 Å². The van der Waals surface area contributed by atoms with Gasteiger partial charge < -0.3 is 9.42 Å². The second kappa shape index (κ2) is 8.17. The lowest BCUT2D eigenvalue weighted by Gasteiger charge is -2.33. The van der Waals surface area contributed by atoms with Gasteiger partial charge in [-0.05, 0) is 37.7 Å². The Kier molecular flexibility index (Phi) is 5.71. The Hall–Kier alpha value is -2.63. The normalized spacial score (nSPS) is 15.1. The standard InChI is InChI=1S/C20H25N3O3/c1-15-12-19(21-26-15)23(16(2)24)14-20(25)22-10-8-18(9-11-22)13-17-6-4-3-5-7-17/h3-7,12,18H,8-11,13-14H2,1-2H3. The Labute approximate surface area is 153 Å². The number of nitrogens with zero attached hydrogens (tertiary/aromatic N) is 3. The highest BCUT2D eigenvalue weighted by Gasteiger charge is 2.26. The molecule has 1 aliphatic rings. The summed E-state index contributed by atoms with van der Waals surface area (Å²) in [6, 6.07) is 12.1. The molecule has 0 saturated carbocycles. The van der Waals surface area contributed by atoms with Crippen LogP contribution in [-0.4, -0.2) is 41.5 Å². The fourth-order valence-electron chi connectivity index (χ4n) is 3.40. The van der Waals surface area contributed by atoms with E-state index in [4.69, 9.17) is 4.52 Å². The van der Waals surface area contributed by atoms with Crippen molar-refractivity contribution in [3.63, 3.8) is 0 Å². The lowest BCUT2D eigenvalue weighted by molar-refractivity contribution is -0.132. The van der Waals surface area contributed by atoms with Crippen LogP contribution in [0.15, 0.2) is 40.9 Å². The molecule has 0 N–H and O–H groups in total. The first-order valence-electron chi connectivity index (χ1n) is 9.06. The zero-order chi connectivity index (χ0) is 18.5. The molecule has 0 bridgehead atoms. The second-order valence-corrected chi connectivity index (χ2v) is 6.91. The summed E-state index contributed by atoms with van der Waals surface area (Å²) >= 11 is 0. The van der Waals surface area contributed by atoms with Crippen LogP contribution >= 0.6 is 0 Å². The number of aromatic nitrogens is 1. The zero-order valence-electron chi connectivity index (χ0n) is 15.4. The van der Waals surface area contributed by atoms with E-state index in [1.165, 1.54) is 17.4 Å². The fraction of sp³-hybridized carbons (Fsp3) is 0.450. The summed E-state index contributed by atoms with van der Waals surface area (Å²) in [5.74, 6) is 1.34. The van der Waals surface area contributed by atoms with Crippen LogP contribution in [0.3, 0.4) is 0 Å². The van der Waals surface area contributed by atoms with Crippen LogP contribution in [0, 0.1) is 12.8 Å². The van der Waals surface area contributed by atoms with Crippen LogP contribution in [0.1, 0.15) is 31.1 Å².